The number of rotatable bonds is 7. The Hall–Kier alpha value is -1.80. The number of nitrogens with one attached hydrogen (secondary N) is 2. The van der Waals surface area contributed by atoms with Crippen molar-refractivity contribution in [3.05, 3.63) is 48.3 Å². The smallest absolute Gasteiger partial charge is 0.127 e. The number of hydrogen-bond acceptors (Lipinski definition) is 6. The molecular weight excluding hydrogens is 330 g/mol. The van der Waals surface area contributed by atoms with E-state index in [2.05, 4.69) is 25.2 Å². The summed E-state index contributed by atoms with van der Waals surface area (Å²) < 4.78 is 11.2. The summed E-state index contributed by atoms with van der Waals surface area (Å²) >= 11 is 0. The number of H-pyrrole nitrogens is 1. The SMILES string of the molecule is c1cc([C@H](NC[C@H]([C@@H]2CCOC2)N2CCOCC2)c2ncc[nH]2)ccn1. The average molecular weight is 357 g/mol. The van der Waals surface area contributed by atoms with Crippen LogP contribution in [0.25, 0.3) is 0 Å². The molecule has 4 heterocycles. The monoisotopic (exact) mass is 357 g/mol. The van der Waals surface area contributed by atoms with Gasteiger partial charge < -0.3 is 19.8 Å². The maximum Gasteiger partial charge on any atom is 0.127 e. The summed E-state index contributed by atoms with van der Waals surface area (Å²) in [5, 5.41) is 3.75. The van der Waals surface area contributed by atoms with Gasteiger partial charge in [0.2, 0.25) is 0 Å². The first-order chi connectivity index (χ1) is 12.9. The number of aromatic nitrogens is 3. The van der Waals surface area contributed by atoms with Crippen LogP contribution in [0.1, 0.15) is 23.9 Å². The fraction of sp³-hybridized carbons (Fsp3) is 0.579. The first-order valence-electron chi connectivity index (χ1n) is 9.44. The summed E-state index contributed by atoms with van der Waals surface area (Å²) in [7, 11) is 0. The molecule has 2 aliphatic heterocycles. The van der Waals surface area contributed by atoms with Gasteiger partial charge in [-0.15, -0.1) is 0 Å². The molecule has 4 rings (SSSR count). The molecule has 0 bridgehead atoms. The summed E-state index contributed by atoms with van der Waals surface area (Å²) in [6.45, 7) is 6.22. The van der Waals surface area contributed by atoms with Gasteiger partial charge in [-0.05, 0) is 24.1 Å². The summed E-state index contributed by atoms with van der Waals surface area (Å²) in [5.74, 6) is 1.50. The van der Waals surface area contributed by atoms with Gasteiger partial charge in [0.05, 0.1) is 25.9 Å². The van der Waals surface area contributed by atoms with Crippen LogP contribution >= 0.6 is 0 Å². The normalized spacial score (nSPS) is 23.8. The number of ether oxygens (including phenoxy) is 2. The molecule has 0 amide bonds. The van der Waals surface area contributed by atoms with Gasteiger partial charge in [0.25, 0.3) is 0 Å². The lowest BCUT2D eigenvalue weighted by Gasteiger charge is -2.38. The first kappa shape index (κ1) is 17.6. The Bertz CT molecular complexity index is 639. The number of aromatic amines is 1. The largest absolute Gasteiger partial charge is 0.381 e. The molecule has 2 aromatic rings. The minimum Gasteiger partial charge on any atom is -0.381 e. The molecule has 7 heteroatoms. The van der Waals surface area contributed by atoms with E-state index in [9.17, 15) is 0 Å². The molecule has 2 aromatic heterocycles. The van der Waals surface area contributed by atoms with Crippen LogP contribution in [0.4, 0.5) is 0 Å². The molecule has 2 aliphatic rings. The van der Waals surface area contributed by atoms with Gasteiger partial charge in [0.1, 0.15) is 5.82 Å². The number of pyridine rings is 1. The molecule has 0 unspecified atom stereocenters. The first-order valence-corrected chi connectivity index (χ1v) is 9.44. The van der Waals surface area contributed by atoms with E-state index in [0.717, 1.165) is 58.3 Å². The van der Waals surface area contributed by atoms with E-state index < -0.39 is 0 Å². The van der Waals surface area contributed by atoms with E-state index in [-0.39, 0.29) is 6.04 Å². The van der Waals surface area contributed by atoms with E-state index in [4.69, 9.17) is 9.47 Å². The zero-order valence-electron chi connectivity index (χ0n) is 15.0. The highest BCUT2D eigenvalue weighted by atomic mass is 16.5. The molecule has 140 valence electrons. The van der Waals surface area contributed by atoms with E-state index in [1.807, 2.05) is 30.7 Å². The second kappa shape index (κ2) is 8.73. The summed E-state index contributed by atoms with van der Waals surface area (Å²) in [6.07, 6.45) is 8.46. The number of hydrogen-bond donors (Lipinski definition) is 2. The van der Waals surface area contributed by atoms with Crippen molar-refractivity contribution in [2.24, 2.45) is 5.92 Å². The van der Waals surface area contributed by atoms with Crippen molar-refractivity contribution in [2.75, 3.05) is 46.1 Å². The van der Waals surface area contributed by atoms with Crippen LogP contribution in [0.15, 0.2) is 36.9 Å². The Balaban J connectivity index is 1.50. The fourth-order valence-electron chi connectivity index (χ4n) is 3.96. The summed E-state index contributed by atoms with van der Waals surface area (Å²) in [6, 6.07) is 4.56. The summed E-state index contributed by atoms with van der Waals surface area (Å²) in [5.41, 5.74) is 1.17. The summed E-state index contributed by atoms with van der Waals surface area (Å²) in [4.78, 5) is 14.4. The van der Waals surface area contributed by atoms with E-state index in [1.54, 1.807) is 6.20 Å². The molecule has 0 radical (unpaired) electrons. The molecule has 2 fully saturated rings. The molecule has 0 spiro atoms. The van der Waals surface area contributed by atoms with Crippen molar-refractivity contribution in [2.45, 2.75) is 18.5 Å². The van der Waals surface area contributed by atoms with Crippen LogP contribution in [0, 0.1) is 5.92 Å². The zero-order chi connectivity index (χ0) is 17.6. The predicted molar refractivity (Wildman–Crippen MR) is 97.8 cm³/mol. The molecule has 3 atom stereocenters. The van der Waals surface area contributed by atoms with Crippen molar-refractivity contribution >= 4 is 0 Å². The van der Waals surface area contributed by atoms with Gasteiger partial charge >= 0.3 is 0 Å². The van der Waals surface area contributed by atoms with Crippen LogP contribution in [-0.4, -0.2) is 72.0 Å². The van der Waals surface area contributed by atoms with Crippen molar-refractivity contribution < 1.29 is 9.47 Å². The number of morpholine rings is 1. The predicted octanol–water partition coefficient (Wildman–Crippen LogP) is 1.22. The second-order valence-corrected chi connectivity index (χ2v) is 6.94. The van der Waals surface area contributed by atoms with Crippen LogP contribution in [0.2, 0.25) is 0 Å². The number of imidazole rings is 1. The van der Waals surface area contributed by atoms with Crippen molar-refractivity contribution in [1.82, 2.24) is 25.2 Å². The Morgan fingerprint density at radius 2 is 2.00 bits per heavy atom. The lowest BCUT2D eigenvalue weighted by molar-refractivity contribution is 0.000998. The van der Waals surface area contributed by atoms with Gasteiger partial charge in [-0.25, -0.2) is 4.98 Å². The maximum atomic E-state index is 5.68. The molecule has 0 aliphatic carbocycles. The third kappa shape index (κ3) is 4.12. The standard InChI is InChI=1S/C19H27N5O2/c1-4-20-5-2-15(1)18(19-21-6-7-22-19)23-13-17(16-3-10-26-14-16)24-8-11-25-12-9-24/h1-2,4-7,16-18,23H,3,8-14H2,(H,21,22)/t16-,17-,18+/m1/s1. The third-order valence-corrected chi connectivity index (χ3v) is 5.39. The van der Waals surface area contributed by atoms with Gasteiger partial charge in [-0.1, -0.05) is 0 Å². The Kier molecular flexibility index (Phi) is 5.91. The molecule has 2 N–H and O–H groups in total. The van der Waals surface area contributed by atoms with E-state index >= 15 is 0 Å². The van der Waals surface area contributed by atoms with Gasteiger partial charge in [0.15, 0.2) is 0 Å². The minimum absolute atomic E-state index is 0.0267. The van der Waals surface area contributed by atoms with Crippen molar-refractivity contribution in [1.29, 1.82) is 0 Å². The van der Waals surface area contributed by atoms with Crippen LogP contribution in [0.3, 0.4) is 0 Å². The highest BCUT2D eigenvalue weighted by molar-refractivity contribution is 5.22. The van der Waals surface area contributed by atoms with Gasteiger partial charge in [0, 0.05) is 63.0 Å². The van der Waals surface area contributed by atoms with E-state index in [0.29, 0.717) is 12.0 Å². The Morgan fingerprint density at radius 3 is 2.69 bits per heavy atom. The molecule has 0 aromatic carbocycles. The Morgan fingerprint density at radius 1 is 1.15 bits per heavy atom. The van der Waals surface area contributed by atoms with E-state index in [1.165, 1.54) is 5.56 Å². The van der Waals surface area contributed by atoms with Crippen LogP contribution in [0.5, 0.6) is 0 Å². The fourth-order valence-corrected chi connectivity index (χ4v) is 3.96. The zero-order valence-corrected chi connectivity index (χ0v) is 15.0. The van der Waals surface area contributed by atoms with Gasteiger partial charge in [-0.3, -0.25) is 9.88 Å². The van der Waals surface area contributed by atoms with Crippen molar-refractivity contribution in [3.63, 3.8) is 0 Å². The molecule has 2 saturated heterocycles. The lowest BCUT2D eigenvalue weighted by atomic mass is 9.96. The van der Waals surface area contributed by atoms with Gasteiger partial charge in [-0.2, -0.15) is 0 Å². The van der Waals surface area contributed by atoms with Crippen LogP contribution < -0.4 is 5.32 Å². The highest BCUT2D eigenvalue weighted by Gasteiger charge is 2.32. The molecule has 7 nitrogen and oxygen atoms in total. The quantitative estimate of drug-likeness (QED) is 0.776. The molecular formula is C19H27N5O2. The van der Waals surface area contributed by atoms with Crippen molar-refractivity contribution in [3.8, 4) is 0 Å². The van der Waals surface area contributed by atoms with Crippen LogP contribution in [-0.2, 0) is 9.47 Å². The second-order valence-electron chi connectivity index (χ2n) is 6.94. The molecule has 0 saturated carbocycles. The average Bonchev–Trinajstić information content (AvgIpc) is 3.41. The highest BCUT2D eigenvalue weighted by Crippen LogP contribution is 2.24. The maximum absolute atomic E-state index is 5.68. The minimum atomic E-state index is 0.0267. The lowest BCUT2D eigenvalue weighted by Crippen LogP contribution is -2.52. The number of nitrogens with zero attached hydrogens (tertiary/aromatic N) is 3. The third-order valence-electron chi connectivity index (χ3n) is 5.39. The topological polar surface area (TPSA) is 75.3 Å². The molecule has 26 heavy (non-hydrogen) atoms. The Labute approximate surface area is 154 Å².